The lowest BCUT2D eigenvalue weighted by atomic mass is 10.1. The SMILES string of the molecule is O=Cc1ccn(Cc2ccc(C(=O)O)cc2)c1. The van der Waals surface area contributed by atoms with Crippen LogP contribution in [0.3, 0.4) is 0 Å². The maximum absolute atomic E-state index is 10.7. The van der Waals surface area contributed by atoms with E-state index in [9.17, 15) is 9.59 Å². The van der Waals surface area contributed by atoms with Gasteiger partial charge in [0.05, 0.1) is 5.56 Å². The molecule has 1 aromatic carbocycles. The number of aldehydes is 1. The Morgan fingerprint density at radius 3 is 2.47 bits per heavy atom. The van der Waals surface area contributed by atoms with Gasteiger partial charge in [0.15, 0.2) is 6.29 Å². The van der Waals surface area contributed by atoms with Crippen LogP contribution < -0.4 is 0 Å². The fourth-order valence-corrected chi connectivity index (χ4v) is 1.59. The van der Waals surface area contributed by atoms with E-state index in [4.69, 9.17) is 5.11 Å². The predicted octanol–water partition coefficient (Wildman–Crippen LogP) is 2.05. The molecule has 0 fully saturated rings. The van der Waals surface area contributed by atoms with E-state index in [1.807, 2.05) is 10.8 Å². The van der Waals surface area contributed by atoms with Crippen molar-refractivity contribution in [3.8, 4) is 0 Å². The molecule has 0 atom stereocenters. The van der Waals surface area contributed by atoms with Gasteiger partial charge in [0.2, 0.25) is 0 Å². The molecule has 4 nitrogen and oxygen atoms in total. The zero-order valence-electron chi connectivity index (χ0n) is 9.04. The first-order valence-electron chi connectivity index (χ1n) is 5.12. The number of benzene rings is 1. The van der Waals surface area contributed by atoms with Crippen LogP contribution in [-0.2, 0) is 6.54 Å². The van der Waals surface area contributed by atoms with E-state index >= 15 is 0 Å². The van der Waals surface area contributed by atoms with Gasteiger partial charge in [-0.3, -0.25) is 4.79 Å². The molecule has 4 heteroatoms. The van der Waals surface area contributed by atoms with Crippen molar-refractivity contribution in [2.45, 2.75) is 6.54 Å². The number of nitrogens with zero attached hydrogens (tertiary/aromatic N) is 1. The van der Waals surface area contributed by atoms with Gasteiger partial charge in [-0.05, 0) is 23.8 Å². The zero-order chi connectivity index (χ0) is 12.3. The van der Waals surface area contributed by atoms with Crippen LogP contribution in [0.1, 0.15) is 26.3 Å². The highest BCUT2D eigenvalue weighted by Crippen LogP contribution is 2.08. The lowest BCUT2D eigenvalue weighted by Gasteiger charge is -2.03. The van der Waals surface area contributed by atoms with E-state index in [1.54, 1.807) is 36.5 Å². The first-order chi connectivity index (χ1) is 8.19. The fraction of sp³-hybridized carbons (Fsp3) is 0.0769. The first-order valence-corrected chi connectivity index (χ1v) is 5.12. The third-order valence-electron chi connectivity index (χ3n) is 2.48. The Kier molecular flexibility index (Phi) is 3.05. The Bertz CT molecular complexity index is 540. The van der Waals surface area contributed by atoms with Gasteiger partial charge in [0.25, 0.3) is 0 Å². The predicted molar refractivity (Wildman–Crippen MR) is 62.3 cm³/mol. The smallest absolute Gasteiger partial charge is 0.335 e. The summed E-state index contributed by atoms with van der Waals surface area (Å²) in [5, 5.41) is 8.76. The summed E-state index contributed by atoms with van der Waals surface area (Å²) in [4.78, 5) is 21.2. The molecule has 17 heavy (non-hydrogen) atoms. The third-order valence-corrected chi connectivity index (χ3v) is 2.48. The minimum atomic E-state index is -0.930. The number of carboxylic acids is 1. The molecular weight excluding hydrogens is 218 g/mol. The molecule has 0 amide bonds. The summed E-state index contributed by atoms with van der Waals surface area (Å²) < 4.78 is 1.87. The van der Waals surface area contributed by atoms with Crippen molar-refractivity contribution in [3.05, 3.63) is 59.4 Å². The number of aromatic carboxylic acids is 1. The average Bonchev–Trinajstić information content (AvgIpc) is 2.77. The molecule has 2 rings (SSSR count). The molecule has 86 valence electrons. The number of carboxylic acid groups (broad SMARTS) is 1. The molecule has 1 N–H and O–H groups in total. The van der Waals surface area contributed by atoms with Crippen molar-refractivity contribution >= 4 is 12.3 Å². The quantitative estimate of drug-likeness (QED) is 0.816. The van der Waals surface area contributed by atoms with Gasteiger partial charge < -0.3 is 9.67 Å². The Morgan fingerprint density at radius 1 is 1.24 bits per heavy atom. The Hall–Kier alpha value is -2.36. The van der Waals surface area contributed by atoms with Crippen LogP contribution in [0.4, 0.5) is 0 Å². The third kappa shape index (κ3) is 2.60. The summed E-state index contributed by atoms with van der Waals surface area (Å²) in [6.45, 7) is 0.619. The Labute approximate surface area is 98.1 Å². The van der Waals surface area contributed by atoms with Crippen LogP contribution in [0.5, 0.6) is 0 Å². The van der Waals surface area contributed by atoms with Gasteiger partial charge in [0, 0.05) is 24.5 Å². The highest BCUT2D eigenvalue weighted by Gasteiger charge is 2.02. The molecule has 0 aliphatic carbocycles. The molecule has 1 heterocycles. The molecule has 0 aliphatic rings. The standard InChI is InChI=1S/C13H11NO3/c15-9-11-5-6-14(8-11)7-10-1-3-12(4-2-10)13(16)17/h1-6,8-9H,7H2,(H,16,17). The summed E-state index contributed by atoms with van der Waals surface area (Å²) in [6, 6.07) is 8.41. The summed E-state index contributed by atoms with van der Waals surface area (Å²) in [7, 11) is 0. The van der Waals surface area contributed by atoms with Gasteiger partial charge in [-0.1, -0.05) is 12.1 Å². The maximum atomic E-state index is 10.7. The molecule has 2 aromatic rings. The highest BCUT2D eigenvalue weighted by molar-refractivity contribution is 5.87. The average molecular weight is 229 g/mol. The van der Waals surface area contributed by atoms with Crippen LogP contribution in [0.25, 0.3) is 0 Å². The second-order valence-electron chi connectivity index (χ2n) is 3.74. The lowest BCUT2D eigenvalue weighted by molar-refractivity contribution is 0.0696. The van der Waals surface area contributed by atoms with Crippen molar-refractivity contribution in [1.82, 2.24) is 4.57 Å². The van der Waals surface area contributed by atoms with Gasteiger partial charge in [-0.25, -0.2) is 4.79 Å². The monoisotopic (exact) mass is 229 g/mol. The zero-order valence-corrected chi connectivity index (χ0v) is 9.04. The van der Waals surface area contributed by atoms with Crippen molar-refractivity contribution in [1.29, 1.82) is 0 Å². The Balaban J connectivity index is 2.13. The summed E-state index contributed by atoms with van der Waals surface area (Å²) in [5.74, 6) is -0.930. The van der Waals surface area contributed by atoms with E-state index in [0.29, 0.717) is 12.1 Å². The topological polar surface area (TPSA) is 59.3 Å². The van der Waals surface area contributed by atoms with E-state index in [-0.39, 0.29) is 5.56 Å². The van der Waals surface area contributed by atoms with E-state index in [0.717, 1.165) is 11.8 Å². The van der Waals surface area contributed by atoms with Crippen molar-refractivity contribution in [2.75, 3.05) is 0 Å². The molecular formula is C13H11NO3. The molecule has 0 spiro atoms. The highest BCUT2D eigenvalue weighted by atomic mass is 16.4. The molecule has 0 saturated carbocycles. The van der Waals surface area contributed by atoms with Crippen molar-refractivity contribution in [2.24, 2.45) is 0 Å². The van der Waals surface area contributed by atoms with E-state index < -0.39 is 5.97 Å². The summed E-state index contributed by atoms with van der Waals surface area (Å²) >= 11 is 0. The molecule has 0 saturated heterocycles. The second-order valence-corrected chi connectivity index (χ2v) is 3.74. The minimum Gasteiger partial charge on any atom is -0.478 e. The summed E-state index contributed by atoms with van der Waals surface area (Å²) in [6.07, 6.45) is 4.36. The minimum absolute atomic E-state index is 0.273. The van der Waals surface area contributed by atoms with Crippen molar-refractivity contribution in [3.63, 3.8) is 0 Å². The van der Waals surface area contributed by atoms with Gasteiger partial charge in [-0.2, -0.15) is 0 Å². The van der Waals surface area contributed by atoms with Crippen LogP contribution in [0.15, 0.2) is 42.7 Å². The molecule has 0 aliphatic heterocycles. The first kappa shape index (κ1) is 11.1. The van der Waals surface area contributed by atoms with Gasteiger partial charge in [0.1, 0.15) is 0 Å². The lowest BCUT2D eigenvalue weighted by Crippen LogP contribution is -1.99. The molecule has 0 unspecified atom stereocenters. The maximum Gasteiger partial charge on any atom is 0.335 e. The number of aromatic nitrogens is 1. The van der Waals surface area contributed by atoms with Crippen LogP contribution in [0.2, 0.25) is 0 Å². The number of rotatable bonds is 4. The van der Waals surface area contributed by atoms with Crippen LogP contribution >= 0.6 is 0 Å². The fourth-order valence-electron chi connectivity index (χ4n) is 1.59. The van der Waals surface area contributed by atoms with Crippen LogP contribution in [0, 0.1) is 0 Å². The Morgan fingerprint density at radius 2 is 1.94 bits per heavy atom. The normalized spacial score (nSPS) is 10.1. The molecule has 0 bridgehead atoms. The number of carbonyl (C=O) groups excluding carboxylic acids is 1. The van der Waals surface area contributed by atoms with Gasteiger partial charge >= 0.3 is 5.97 Å². The van der Waals surface area contributed by atoms with E-state index in [2.05, 4.69) is 0 Å². The largest absolute Gasteiger partial charge is 0.478 e. The van der Waals surface area contributed by atoms with Crippen LogP contribution in [-0.4, -0.2) is 21.9 Å². The molecule has 1 aromatic heterocycles. The summed E-state index contributed by atoms with van der Waals surface area (Å²) in [5.41, 5.74) is 1.89. The van der Waals surface area contributed by atoms with Gasteiger partial charge in [-0.15, -0.1) is 0 Å². The number of hydrogen-bond acceptors (Lipinski definition) is 2. The van der Waals surface area contributed by atoms with Crippen molar-refractivity contribution < 1.29 is 14.7 Å². The molecule has 0 radical (unpaired) electrons. The second kappa shape index (κ2) is 4.65. The number of hydrogen-bond donors (Lipinski definition) is 1. The van der Waals surface area contributed by atoms with E-state index in [1.165, 1.54) is 0 Å². The number of carbonyl (C=O) groups is 2.